The maximum absolute atomic E-state index is 12.3. The maximum Gasteiger partial charge on any atom is 0.234 e. The molecule has 3 aromatic rings. The van der Waals surface area contributed by atoms with Crippen LogP contribution in [-0.4, -0.2) is 26.4 Å². The van der Waals surface area contributed by atoms with E-state index >= 15 is 0 Å². The molecule has 0 aliphatic heterocycles. The molecule has 1 heterocycles. The Hall–Kier alpha value is -2.28. The van der Waals surface area contributed by atoms with Crippen LogP contribution in [-0.2, 0) is 11.3 Å². The zero-order valence-corrected chi connectivity index (χ0v) is 16.6. The van der Waals surface area contributed by atoms with Crippen LogP contribution in [0.3, 0.4) is 0 Å². The summed E-state index contributed by atoms with van der Waals surface area (Å²) in [7, 11) is 0. The highest BCUT2D eigenvalue weighted by Crippen LogP contribution is 2.27. The van der Waals surface area contributed by atoms with Crippen LogP contribution in [0.25, 0.3) is 11.4 Å². The van der Waals surface area contributed by atoms with E-state index in [9.17, 15) is 4.79 Å². The van der Waals surface area contributed by atoms with E-state index in [2.05, 4.69) is 22.1 Å². The highest BCUT2D eigenvalue weighted by Gasteiger charge is 2.15. The number of nitrogens with one attached hydrogen (secondary N) is 1. The van der Waals surface area contributed by atoms with Crippen LogP contribution in [0.1, 0.15) is 0 Å². The number of rotatable bonds is 7. The van der Waals surface area contributed by atoms with Gasteiger partial charge in [-0.1, -0.05) is 71.4 Å². The number of nitrogens with zero attached hydrogens (tertiary/aromatic N) is 3. The molecular formula is C19H16Cl2N4OS. The number of amides is 1. The Morgan fingerprint density at radius 1 is 1.19 bits per heavy atom. The number of aromatic nitrogens is 3. The topological polar surface area (TPSA) is 59.8 Å². The van der Waals surface area contributed by atoms with Gasteiger partial charge in [-0.15, -0.1) is 16.8 Å². The molecule has 0 unspecified atom stereocenters. The van der Waals surface area contributed by atoms with E-state index in [4.69, 9.17) is 23.2 Å². The highest BCUT2D eigenvalue weighted by molar-refractivity contribution is 7.99. The van der Waals surface area contributed by atoms with Crippen LogP contribution in [0.15, 0.2) is 66.3 Å². The average molecular weight is 419 g/mol. The molecule has 2 aromatic carbocycles. The van der Waals surface area contributed by atoms with Gasteiger partial charge in [-0.05, 0) is 18.2 Å². The van der Waals surface area contributed by atoms with Gasteiger partial charge in [0.2, 0.25) is 5.91 Å². The van der Waals surface area contributed by atoms with Gasteiger partial charge in [0.15, 0.2) is 11.0 Å². The third kappa shape index (κ3) is 4.91. The van der Waals surface area contributed by atoms with Crippen molar-refractivity contribution in [2.45, 2.75) is 11.7 Å². The maximum atomic E-state index is 12.3. The first-order valence-electron chi connectivity index (χ1n) is 8.05. The van der Waals surface area contributed by atoms with Gasteiger partial charge in [0, 0.05) is 17.1 Å². The van der Waals surface area contributed by atoms with Crippen molar-refractivity contribution in [1.82, 2.24) is 14.8 Å². The molecule has 5 nitrogen and oxygen atoms in total. The van der Waals surface area contributed by atoms with Gasteiger partial charge in [0.25, 0.3) is 0 Å². The minimum Gasteiger partial charge on any atom is -0.324 e. The van der Waals surface area contributed by atoms with E-state index < -0.39 is 0 Å². The number of anilines is 1. The van der Waals surface area contributed by atoms with Gasteiger partial charge in [0.05, 0.1) is 16.5 Å². The zero-order valence-electron chi connectivity index (χ0n) is 14.2. The molecule has 0 spiro atoms. The van der Waals surface area contributed by atoms with Crippen LogP contribution in [0.5, 0.6) is 0 Å². The number of allylic oxidation sites excluding steroid dienone is 1. The molecule has 138 valence electrons. The normalized spacial score (nSPS) is 10.6. The van der Waals surface area contributed by atoms with Crippen LogP contribution in [0, 0.1) is 0 Å². The van der Waals surface area contributed by atoms with E-state index in [1.165, 1.54) is 11.8 Å². The van der Waals surface area contributed by atoms with Crippen molar-refractivity contribution in [2.75, 3.05) is 11.1 Å². The molecule has 1 aromatic heterocycles. The Labute approximate surface area is 171 Å². The molecule has 27 heavy (non-hydrogen) atoms. The fourth-order valence-corrected chi connectivity index (χ4v) is 3.60. The lowest BCUT2D eigenvalue weighted by atomic mass is 10.2. The van der Waals surface area contributed by atoms with Crippen LogP contribution >= 0.6 is 35.0 Å². The van der Waals surface area contributed by atoms with Crippen molar-refractivity contribution in [2.24, 2.45) is 0 Å². The summed E-state index contributed by atoms with van der Waals surface area (Å²) in [6, 6.07) is 14.7. The third-order valence-electron chi connectivity index (χ3n) is 3.60. The average Bonchev–Trinajstić information content (AvgIpc) is 3.06. The molecule has 0 fully saturated rings. The Balaban J connectivity index is 1.71. The third-order valence-corrected chi connectivity index (χ3v) is 5.11. The molecule has 1 amide bonds. The number of thioether (sulfide) groups is 1. The second kappa shape index (κ2) is 9.08. The summed E-state index contributed by atoms with van der Waals surface area (Å²) in [5.41, 5.74) is 1.47. The summed E-state index contributed by atoms with van der Waals surface area (Å²) in [5, 5.41) is 12.8. The monoisotopic (exact) mass is 418 g/mol. The number of benzene rings is 2. The SMILES string of the molecule is C=CCn1c(SCC(=O)Nc2ccc(Cl)cc2Cl)nnc1-c1ccccc1. The first kappa shape index (κ1) is 19.5. The van der Waals surface area contributed by atoms with E-state index in [1.54, 1.807) is 24.3 Å². The predicted octanol–water partition coefficient (Wildman–Crippen LogP) is 5.17. The van der Waals surface area contributed by atoms with Gasteiger partial charge in [0.1, 0.15) is 0 Å². The molecule has 1 N–H and O–H groups in total. The second-order valence-corrected chi connectivity index (χ2v) is 7.32. The fourth-order valence-electron chi connectivity index (χ4n) is 2.40. The van der Waals surface area contributed by atoms with Crippen molar-refractivity contribution in [1.29, 1.82) is 0 Å². The molecule has 0 saturated heterocycles. The number of hydrogen-bond donors (Lipinski definition) is 1. The van der Waals surface area contributed by atoms with Crippen molar-refractivity contribution in [3.8, 4) is 11.4 Å². The van der Waals surface area contributed by atoms with Crippen LogP contribution < -0.4 is 5.32 Å². The van der Waals surface area contributed by atoms with E-state index in [-0.39, 0.29) is 11.7 Å². The van der Waals surface area contributed by atoms with Crippen molar-refractivity contribution >= 4 is 46.6 Å². The number of halogens is 2. The lowest BCUT2D eigenvalue weighted by Crippen LogP contribution is -2.15. The van der Waals surface area contributed by atoms with Crippen LogP contribution in [0.4, 0.5) is 5.69 Å². The largest absolute Gasteiger partial charge is 0.324 e. The quantitative estimate of drug-likeness (QED) is 0.424. The summed E-state index contributed by atoms with van der Waals surface area (Å²) < 4.78 is 1.93. The smallest absolute Gasteiger partial charge is 0.234 e. The lowest BCUT2D eigenvalue weighted by molar-refractivity contribution is -0.113. The number of hydrogen-bond acceptors (Lipinski definition) is 4. The standard InChI is InChI=1S/C19H16Cl2N4OS/c1-2-10-25-18(13-6-4-3-5-7-13)23-24-19(25)27-12-17(26)22-16-9-8-14(20)11-15(16)21/h2-9,11H,1,10,12H2,(H,22,26). The van der Waals surface area contributed by atoms with Gasteiger partial charge >= 0.3 is 0 Å². The Kier molecular flexibility index (Phi) is 6.55. The zero-order chi connectivity index (χ0) is 19.2. The number of carbonyl (C=O) groups excluding carboxylic acids is 1. The summed E-state index contributed by atoms with van der Waals surface area (Å²) in [4.78, 5) is 12.3. The molecule has 0 bridgehead atoms. The number of carbonyl (C=O) groups is 1. The van der Waals surface area contributed by atoms with Crippen molar-refractivity contribution in [3.63, 3.8) is 0 Å². The molecule has 3 rings (SSSR count). The lowest BCUT2D eigenvalue weighted by Gasteiger charge is -2.09. The summed E-state index contributed by atoms with van der Waals surface area (Å²) in [6.07, 6.45) is 1.77. The molecule has 0 aliphatic rings. The minimum absolute atomic E-state index is 0.170. The van der Waals surface area contributed by atoms with Crippen molar-refractivity contribution < 1.29 is 4.79 Å². The molecule has 0 radical (unpaired) electrons. The Morgan fingerprint density at radius 3 is 2.67 bits per heavy atom. The van der Waals surface area contributed by atoms with Gasteiger partial charge in [-0.2, -0.15) is 0 Å². The van der Waals surface area contributed by atoms with E-state index in [1.807, 2.05) is 34.9 Å². The van der Waals surface area contributed by atoms with Crippen molar-refractivity contribution in [3.05, 3.63) is 71.2 Å². The Bertz CT molecular complexity index is 960. The molecular weight excluding hydrogens is 403 g/mol. The molecule has 0 atom stereocenters. The molecule has 8 heteroatoms. The summed E-state index contributed by atoms with van der Waals surface area (Å²) in [6.45, 7) is 4.33. The Morgan fingerprint density at radius 2 is 1.96 bits per heavy atom. The van der Waals surface area contributed by atoms with Gasteiger partial charge in [-0.25, -0.2) is 0 Å². The van der Waals surface area contributed by atoms with E-state index in [0.29, 0.717) is 27.4 Å². The minimum atomic E-state index is -0.196. The fraction of sp³-hybridized carbons (Fsp3) is 0.105. The first-order valence-corrected chi connectivity index (χ1v) is 9.80. The summed E-state index contributed by atoms with van der Waals surface area (Å²) >= 11 is 13.3. The second-order valence-electron chi connectivity index (χ2n) is 5.53. The summed E-state index contributed by atoms with van der Waals surface area (Å²) in [5.74, 6) is 0.709. The highest BCUT2D eigenvalue weighted by atomic mass is 35.5. The van der Waals surface area contributed by atoms with Gasteiger partial charge in [-0.3, -0.25) is 9.36 Å². The molecule has 0 aliphatic carbocycles. The predicted molar refractivity (Wildman–Crippen MR) is 111 cm³/mol. The van der Waals surface area contributed by atoms with Crippen LogP contribution in [0.2, 0.25) is 10.0 Å². The first-order chi connectivity index (χ1) is 13.1. The van der Waals surface area contributed by atoms with Gasteiger partial charge < -0.3 is 5.32 Å². The van der Waals surface area contributed by atoms with E-state index in [0.717, 1.165) is 11.4 Å². The molecule has 0 saturated carbocycles.